The van der Waals surface area contributed by atoms with Gasteiger partial charge in [-0.3, -0.25) is 14.2 Å². The van der Waals surface area contributed by atoms with E-state index in [9.17, 15) is 19.0 Å². The third-order valence-electron chi connectivity index (χ3n) is 15.5. The van der Waals surface area contributed by atoms with Crippen LogP contribution in [0.5, 0.6) is 0 Å². The van der Waals surface area contributed by atoms with Gasteiger partial charge in [-0.15, -0.1) is 0 Å². The third kappa shape index (κ3) is 65.2. The van der Waals surface area contributed by atoms with E-state index in [4.69, 9.17) is 13.8 Å². The molecule has 85 heavy (non-hydrogen) atoms. The molecule has 1 N–H and O–H groups in total. The lowest BCUT2D eigenvalue weighted by Crippen LogP contribution is -2.47. The maximum absolute atomic E-state index is 13.6. The van der Waals surface area contributed by atoms with Crippen molar-refractivity contribution in [2.75, 3.05) is 40.9 Å². The fraction of sp³-hybridized carbons (Fsp3) is 0.760. The van der Waals surface area contributed by atoms with Crippen LogP contribution in [0.15, 0.2) is 97.2 Å². The second-order valence-corrected chi connectivity index (χ2v) is 26.4. The highest BCUT2D eigenvalue weighted by molar-refractivity contribution is 7.45. The molecule has 0 aromatic rings. The molecule has 0 radical (unpaired) electrons. The van der Waals surface area contributed by atoms with Crippen LogP contribution in [0.3, 0.4) is 0 Å². The highest BCUT2D eigenvalue weighted by Crippen LogP contribution is 2.38. The maximum Gasteiger partial charge on any atom is 0.306 e. The highest BCUT2D eigenvalue weighted by atomic mass is 31.2. The molecule has 0 aliphatic carbocycles. The van der Waals surface area contributed by atoms with E-state index in [0.717, 1.165) is 109 Å². The first-order chi connectivity index (χ1) is 41.4. The van der Waals surface area contributed by atoms with Gasteiger partial charge in [0.05, 0.1) is 33.8 Å². The number of likely N-dealkylation sites (N-methyl/N-ethyl adjacent to an activating group) is 1. The number of nitrogens with one attached hydrogen (secondary N) is 1. The average molecular weight is 1210 g/mol. The lowest BCUT2D eigenvalue weighted by Gasteiger charge is -2.30. The molecule has 3 atom stereocenters. The Balaban J connectivity index is 5.02. The van der Waals surface area contributed by atoms with Crippen LogP contribution in [0.4, 0.5) is 0 Å². The van der Waals surface area contributed by atoms with Crippen molar-refractivity contribution in [3.63, 3.8) is 0 Å². The Labute approximate surface area is 526 Å². The second kappa shape index (κ2) is 63.9. The molecule has 0 saturated heterocycles. The summed E-state index contributed by atoms with van der Waals surface area (Å²) >= 11 is 0. The molecule has 9 nitrogen and oxygen atoms in total. The molecule has 10 heteroatoms. The number of nitrogens with zero attached hydrogens (tertiary/aromatic N) is 1. The van der Waals surface area contributed by atoms with Gasteiger partial charge in [0, 0.05) is 12.8 Å². The summed E-state index contributed by atoms with van der Waals surface area (Å²) in [7, 11) is 1.18. The number of hydrogen-bond donors (Lipinski definition) is 1. The maximum atomic E-state index is 13.6. The molecule has 0 rings (SSSR count). The van der Waals surface area contributed by atoms with Crippen molar-refractivity contribution in [3.8, 4) is 0 Å². The van der Waals surface area contributed by atoms with Crippen LogP contribution in [0.1, 0.15) is 316 Å². The number of phosphoric ester groups is 1. The summed E-state index contributed by atoms with van der Waals surface area (Å²) in [6.45, 7) is 6.72. The van der Waals surface area contributed by atoms with Crippen molar-refractivity contribution < 1.29 is 37.3 Å². The predicted molar refractivity (Wildman–Crippen MR) is 367 cm³/mol. The van der Waals surface area contributed by atoms with E-state index in [2.05, 4.69) is 111 Å². The zero-order chi connectivity index (χ0) is 62.1. The molecule has 0 bridgehead atoms. The van der Waals surface area contributed by atoms with Crippen LogP contribution in [0, 0.1) is 0 Å². The molecule has 0 aliphatic rings. The second-order valence-electron chi connectivity index (χ2n) is 25.0. The minimum Gasteiger partial charge on any atom is -0.756 e. The Bertz CT molecular complexity index is 1780. The van der Waals surface area contributed by atoms with E-state index in [-0.39, 0.29) is 24.9 Å². The Hall–Kier alpha value is -3.07. The van der Waals surface area contributed by atoms with Gasteiger partial charge in [-0.2, -0.15) is 0 Å². The standard InChI is InChI=1S/C75H135N2O7P/c1-7-10-13-16-19-22-25-27-29-31-33-35-36-37-38-39-40-42-43-45-47-49-52-55-58-61-64-67-74(78)76-72(71-83-85(80,81)82-70-69-77(4,5)6)73(66-63-60-57-54-51-24-21-18-15-12-9-3)84-75(79)68-65-62-59-56-53-50-48-46-44-41-34-32-30-28-26-23-20-17-14-11-8-2/h10,13,19-20,22-23,27-30,33,35,37-38,63,66,72-73H,7-9,11-12,14-18,21,24-26,31-32,34,36,39-62,64-65,67-71H2,1-6H3,(H-,76,78,80,81)/b13-10-,22-19-,23-20-,29-27-,30-28-,35-33-,38-37-,66-63-. The Morgan fingerprint density at radius 2 is 0.753 bits per heavy atom. The topological polar surface area (TPSA) is 114 Å². The molecule has 0 aromatic heterocycles. The molecule has 0 fully saturated rings. The number of unbranched alkanes of at least 4 members (excludes halogenated alkanes) is 34. The minimum atomic E-state index is -4.71. The number of ether oxygens (including phenoxy) is 1. The van der Waals surface area contributed by atoms with Gasteiger partial charge >= 0.3 is 5.97 Å². The third-order valence-corrected chi connectivity index (χ3v) is 16.5. The van der Waals surface area contributed by atoms with Gasteiger partial charge in [-0.1, -0.05) is 292 Å². The van der Waals surface area contributed by atoms with E-state index in [0.29, 0.717) is 17.4 Å². The number of carbonyl (C=O) groups is 2. The Kier molecular flexibility index (Phi) is 61.6. The van der Waals surface area contributed by atoms with Gasteiger partial charge in [0.1, 0.15) is 19.3 Å². The zero-order valence-electron chi connectivity index (χ0n) is 56.3. The molecule has 0 aliphatic heterocycles. The van der Waals surface area contributed by atoms with E-state index in [1.54, 1.807) is 0 Å². The summed E-state index contributed by atoms with van der Waals surface area (Å²) in [5.41, 5.74) is 0. The predicted octanol–water partition coefficient (Wildman–Crippen LogP) is 22.0. The van der Waals surface area contributed by atoms with Crippen LogP contribution in [-0.2, 0) is 27.9 Å². The molecule has 0 heterocycles. The first kappa shape index (κ1) is 81.9. The number of hydrogen-bond acceptors (Lipinski definition) is 7. The number of amides is 1. The normalized spacial score (nSPS) is 14.1. The van der Waals surface area contributed by atoms with Crippen LogP contribution in [0.2, 0.25) is 0 Å². The van der Waals surface area contributed by atoms with Gasteiger partial charge in [0.15, 0.2) is 0 Å². The van der Waals surface area contributed by atoms with Crippen molar-refractivity contribution in [2.45, 2.75) is 328 Å². The van der Waals surface area contributed by atoms with Crippen LogP contribution in [-0.4, -0.2) is 69.4 Å². The van der Waals surface area contributed by atoms with Gasteiger partial charge in [0.2, 0.25) is 5.91 Å². The molecule has 3 unspecified atom stereocenters. The number of quaternary nitrogens is 1. The zero-order valence-corrected chi connectivity index (χ0v) is 57.2. The number of phosphoric acid groups is 1. The average Bonchev–Trinajstić information content (AvgIpc) is 3.64. The van der Waals surface area contributed by atoms with Gasteiger partial charge in [-0.25, -0.2) is 0 Å². The Morgan fingerprint density at radius 3 is 1.15 bits per heavy atom. The molecular formula is C75H135N2O7P. The summed E-state index contributed by atoms with van der Waals surface area (Å²) in [5.74, 6) is -0.543. The smallest absolute Gasteiger partial charge is 0.306 e. The van der Waals surface area contributed by atoms with Crippen molar-refractivity contribution in [2.24, 2.45) is 0 Å². The molecular weight excluding hydrogens is 1070 g/mol. The number of rotatable bonds is 64. The van der Waals surface area contributed by atoms with Crippen LogP contribution < -0.4 is 10.2 Å². The molecule has 0 saturated carbocycles. The summed E-state index contributed by atoms with van der Waals surface area (Å²) in [6, 6.07) is -0.896. The van der Waals surface area contributed by atoms with Gasteiger partial charge in [0.25, 0.3) is 7.82 Å². The summed E-state index contributed by atoms with van der Waals surface area (Å²) in [5, 5.41) is 3.04. The summed E-state index contributed by atoms with van der Waals surface area (Å²) < 4.78 is 30.4. The van der Waals surface area contributed by atoms with E-state index in [1.807, 2.05) is 33.3 Å². The molecule has 492 valence electrons. The first-order valence-electron chi connectivity index (χ1n) is 35.5. The van der Waals surface area contributed by atoms with Gasteiger partial charge in [-0.05, 0) is 109 Å². The molecule has 0 spiro atoms. The number of allylic oxidation sites excluding steroid dienone is 15. The molecule has 1 amide bonds. The van der Waals surface area contributed by atoms with Crippen molar-refractivity contribution in [1.82, 2.24) is 5.32 Å². The monoisotopic (exact) mass is 1210 g/mol. The number of carbonyl (C=O) groups excluding carboxylic acids is 2. The summed E-state index contributed by atoms with van der Waals surface area (Å²) in [4.78, 5) is 40.2. The summed E-state index contributed by atoms with van der Waals surface area (Å²) in [6.07, 6.45) is 86.7. The minimum absolute atomic E-state index is 0.0262. The van der Waals surface area contributed by atoms with Crippen molar-refractivity contribution in [3.05, 3.63) is 97.2 Å². The molecule has 0 aromatic carbocycles. The van der Waals surface area contributed by atoms with Gasteiger partial charge < -0.3 is 28.5 Å². The van der Waals surface area contributed by atoms with Crippen LogP contribution in [0.25, 0.3) is 0 Å². The van der Waals surface area contributed by atoms with E-state index in [1.165, 1.54) is 173 Å². The van der Waals surface area contributed by atoms with Crippen molar-refractivity contribution >= 4 is 19.7 Å². The fourth-order valence-corrected chi connectivity index (χ4v) is 10.8. The quantitative estimate of drug-likeness (QED) is 0.0212. The van der Waals surface area contributed by atoms with Crippen LogP contribution >= 0.6 is 7.82 Å². The highest BCUT2D eigenvalue weighted by Gasteiger charge is 2.27. The van der Waals surface area contributed by atoms with E-state index >= 15 is 0 Å². The lowest BCUT2D eigenvalue weighted by atomic mass is 10.0. The van der Waals surface area contributed by atoms with E-state index < -0.39 is 26.6 Å². The first-order valence-corrected chi connectivity index (χ1v) is 37.0. The number of esters is 1. The Morgan fingerprint density at radius 1 is 0.424 bits per heavy atom. The fourth-order valence-electron chi connectivity index (χ4n) is 10.1. The van der Waals surface area contributed by atoms with Crippen molar-refractivity contribution in [1.29, 1.82) is 0 Å². The lowest BCUT2D eigenvalue weighted by molar-refractivity contribution is -0.870. The largest absolute Gasteiger partial charge is 0.756 e. The SMILES string of the molecule is CC/C=C\C/C=C\C/C=C\C/C=C\C/C=C\CCCCCCCCCCCCCC(=O)NC(COP(=O)([O-])OCC[N+](C)(C)C)C(/C=C\CCCCCCCCCCC)OC(=O)CCCCCCCCCCCCC/C=C\C/C=C\CCCCC.